The van der Waals surface area contributed by atoms with Crippen molar-refractivity contribution < 1.29 is 4.79 Å². The van der Waals surface area contributed by atoms with Gasteiger partial charge in [-0.3, -0.25) is 10.1 Å². The average Bonchev–Trinajstić information content (AvgIpc) is 2.25. The number of hydrogen-bond donors (Lipinski definition) is 2. The summed E-state index contributed by atoms with van der Waals surface area (Å²) >= 11 is 22.0. The van der Waals surface area contributed by atoms with Gasteiger partial charge in [-0.2, -0.15) is 0 Å². The minimum absolute atomic E-state index is 0.151. The molecule has 0 radical (unpaired) electrons. The van der Waals surface area contributed by atoms with Crippen LogP contribution in [0.4, 0.5) is 0 Å². The summed E-state index contributed by atoms with van der Waals surface area (Å²) in [5.41, 5.74) is 0.321. The van der Waals surface area contributed by atoms with Crippen LogP contribution in [-0.4, -0.2) is 17.6 Å². The number of hydrogen-bond acceptors (Lipinski definition) is 2. The smallest absolute Gasteiger partial charge is 0.257 e. The van der Waals surface area contributed by atoms with Crippen molar-refractivity contribution >= 4 is 58.0 Å². The van der Waals surface area contributed by atoms with Gasteiger partial charge in [0.05, 0.1) is 6.54 Å². The van der Waals surface area contributed by atoms with Gasteiger partial charge in [0.15, 0.2) is 5.11 Å². The average molecular weight is 324 g/mol. The molecular formula is C11H9Cl3N2OS. The fourth-order valence-electron chi connectivity index (χ4n) is 1.08. The van der Waals surface area contributed by atoms with Gasteiger partial charge in [0.2, 0.25) is 0 Å². The minimum atomic E-state index is -0.405. The van der Waals surface area contributed by atoms with Gasteiger partial charge >= 0.3 is 0 Å². The van der Waals surface area contributed by atoms with Crippen molar-refractivity contribution in [1.82, 2.24) is 10.6 Å². The third-order valence-electron chi connectivity index (χ3n) is 1.79. The Morgan fingerprint density at radius 2 is 1.83 bits per heavy atom. The van der Waals surface area contributed by atoms with E-state index in [9.17, 15) is 4.79 Å². The first-order chi connectivity index (χ1) is 8.38. The molecule has 0 bridgehead atoms. The first-order valence-corrected chi connectivity index (χ1v) is 6.31. The first-order valence-electron chi connectivity index (χ1n) is 4.77. The van der Waals surface area contributed by atoms with Crippen LogP contribution in [0.1, 0.15) is 10.4 Å². The Labute approximate surface area is 125 Å². The van der Waals surface area contributed by atoms with E-state index >= 15 is 0 Å². The van der Waals surface area contributed by atoms with Crippen LogP contribution in [0.15, 0.2) is 29.8 Å². The molecule has 0 aliphatic carbocycles. The van der Waals surface area contributed by atoms with Crippen molar-refractivity contribution in [1.29, 1.82) is 0 Å². The zero-order chi connectivity index (χ0) is 13.7. The number of carbonyl (C=O) groups excluding carboxylic acids is 1. The van der Waals surface area contributed by atoms with E-state index in [-0.39, 0.29) is 11.7 Å². The summed E-state index contributed by atoms with van der Waals surface area (Å²) in [4.78, 5) is 11.8. The zero-order valence-electron chi connectivity index (χ0n) is 9.10. The summed E-state index contributed by atoms with van der Waals surface area (Å²) in [7, 11) is 0. The summed E-state index contributed by atoms with van der Waals surface area (Å²) in [6.45, 7) is 3.76. The molecule has 2 N–H and O–H groups in total. The Kier molecular flexibility index (Phi) is 5.88. The molecule has 3 nitrogen and oxygen atoms in total. The zero-order valence-corrected chi connectivity index (χ0v) is 12.2. The van der Waals surface area contributed by atoms with Crippen LogP contribution in [0.25, 0.3) is 0 Å². The topological polar surface area (TPSA) is 41.1 Å². The van der Waals surface area contributed by atoms with E-state index < -0.39 is 5.91 Å². The lowest BCUT2D eigenvalue weighted by Gasteiger charge is -2.09. The Bertz CT molecular complexity index is 485. The van der Waals surface area contributed by atoms with Crippen LogP contribution >= 0.6 is 47.0 Å². The number of benzene rings is 1. The van der Waals surface area contributed by atoms with Gasteiger partial charge in [0, 0.05) is 20.6 Å². The number of amides is 1. The molecule has 0 aromatic heterocycles. The second-order valence-corrected chi connectivity index (χ2v) is 5.13. The van der Waals surface area contributed by atoms with Gasteiger partial charge in [0.1, 0.15) is 0 Å². The normalized spacial score (nSPS) is 9.72. The van der Waals surface area contributed by atoms with Gasteiger partial charge in [0.25, 0.3) is 5.91 Å². The fourth-order valence-corrected chi connectivity index (χ4v) is 1.84. The molecule has 7 heteroatoms. The molecule has 0 atom stereocenters. The van der Waals surface area contributed by atoms with E-state index in [1.165, 1.54) is 18.2 Å². The van der Waals surface area contributed by atoms with Gasteiger partial charge in [-0.1, -0.05) is 41.4 Å². The molecule has 18 heavy (non-hydrogen) atoms. The first kappa shape index (κ1) is 15.2. The van der Waals surface area contributed by atoms with Crippen molar-refractivity contribution in [3.63, 3.8) is 0 Å². The molecule has 0 spiro atoms. The standard InChI is InChI=1S/C11H9Cl3N2OS/c1-6(12)5-15-11(18)16-10(17)7-2-8(13)4-9(14)3-7/h2-4H,1,5H2,(H2,15,16,17,18). The second kappa shape index (κ2) is 6.95. The number of carbonyl (C=O) groups is 1. The summed E-state index contributed by atoms with van der Waals surface area (Å²) in [6, 6.07) is 4.52. The lowest BCUT2D eigenvalue weighted by Crippen LogP contribution is -2.39. The van der Waals surface area contributed by atoms with Crippen molar-refractivity contribution in [2.24, 2.45) is 0 Å². The number of rotatable bonds is 3. The second-order valence-electron chi connectivity index (χ2n) is 3.31. The van der Waals surface area contributed by atoms with E-state index in [4.69, 9.17) is 47.0 Å². The van der Waals surface area contributed by atoms with Gasteiger partial charge < -0.3 is 5.32 Å². The molecule has 96 valence electrons. The minimum Gasteiger partial charge on any atom is -0.357 e. The highest BCUT2D eigenvalue weighted by atomic mass is 35.5. The monoisotopic (exact) mass is 322 g/mol. The molecule has 1 aromatic rings. The number of nitrogens with one attached hydrogen (secondary N) is 2. The maximum Gasteiger partial charge on any atom is 0.257 e. The molecule has 1 rings (SSSR count). The summed E-state index contributed by atoms with van der Waals surface area (Å²) < 4.78 is 0. The number of thiocarbonyl (C=S) groups is 1. The molecule has 0 fully saturated rings. The van der Waals surface area contributed by atoms with Crippen LogP contribution in [0, 0.1) is 0 Å². The van der Waals surface area contributed by atoms with E-state index in [0.29, 0.717) is 20.6 Å². The van der Waals surface area contributed by atoms with Crippen molar-refractivity contribution in [2.45, 2.75) is 0 Å². The quantitative estimate of drug-likeness (QED) is 0.838. The highest BCUT2D eigenvalue weighted by Crippen LogP contribution is 2.18. The molecule has 0 aliphatic rings. The van der Waals surface area contributed by atoms with Gasteiger partial charge in [-0.25, -0.2) is 0 Å². The Morgan fingerprint density at radius 1 is 1.28 bits per heavy atom. The van der Waals surface area contributed by atoms with Crippen LogP contribution < -0.4 is 10.6 Å². The summed E-state index contributed by atoms with van der Waals surface area (Å²) in [5.74, 6) is -0.405. The van der Waals surface area contributed by atoms with Gasteiger partial charge in [-0.15, -0.1) is 0 Å². The van der Waals surface area contributed by atoms with Crippen molar-refractivity contribution in [3.05, 3.63) is 45.4 Å². The van der Waals surface area contributed by atoms with Crippen LogP contribution in [0.2, 0.25) is 10.0 Å². The molecule has 1 amide bonds. The summed E-state index contributed by atoms with van der Waals surface area (Å²) in [5, 5.41) is 6.47. The molecular weight excluding hydrogens is 315 g/mol. The van der Waals surface area contributed by atoms with Crippen LogP contribution in [-0.2, 0) is 0 Å². The molecule has 0 aliphatic heterocycles. The third kappa shape index (κ3) is 5.23. The van der Waals surface area contributed by atoms with Gasteiger partial charge in [-0.05, 0) is 30.4 Å². The third-order valence-corrected chi connectivity index (χ3v) is 2.61. The van der Waals surface area contributed by atoms with Crippen LogP contribution in [0.3, 0.4) is 0 Å². The lowest BCUT2D eigenvalue weighted by molar-refractivity contribution is 0.0977. The highest BCUT2D eigenvalue weighted by molar-refractivity contribution is 7.80. The highest BCUT2D eigenvalue weighted by Gasteiger charge is 2.09. The Morgan fingerprint density at radius 3 is 2.33 bits per heavy atom. The molecule has 0 saturated heterocycles. The SMILES string of the molecule is C=C(Cl)CNC(=S)NC(=O)c1cc(Cl)cc(Cl)c1. The summed E-state index contributed by atoms with van der Waals surface area (Å²) in [6.07, 6.45) is 0. The molecule has 0 saturated carbocycles. The van der Waals surface area contributed by atoms with E-state index in [2.05, 4.69) is 17.2 Å². The molecule has 0 heterocycles. The Hall–Kier alpha value is -0.810. The number of halogens is 3. The van der Waals surface area contributed by atoms with Crippen molar-refractivity contribution in [3.8, 4) is 0 Å². The van der Waals surface area contributed by atoms with E-state index in [1.807, 2.05) is 0 Å². The predicted molar refractivity (Wildman–Crippen MR) is 79.5 cm³/mol. The Balaban J connectivity index is 2.65. The van der Waals surface area contributed by atoms with Crippen molar-refractivity contribution in [2.75, 3.05) is 6.54 Å². The van der Waals surface area contributed by atoms with E-state index in [1.54, 1.807) is 0 Å². The molecule has 1 aromatic carbocycles. The molecule has 0 unspecified atom stereocenters. The maximum atomic E-state index is 11.8. The van der Waals surface area contributed by atoms with Crippen LogP contribution in [0.5, 0.6) is 0 Å². The largest absolute Gasteiger partial charge is 0.357 e. The fraction of sp³-hybridized carbons (Fsp3) is 0.0909. The predicted octanol–water partition coefficient (Wildman–Crippen LogP) is 3.35. The lowest BCUT2D eigenvalue weighted by atomic mass is 10.2. The maximum absolute atomic E-state index is 11.8. The van der Waals surface area contributed by atoms with E-state index in [0.717, 1.165) is 0 Å².